The Morgan fingerprint density at radius 1 is 1.36 bits per heavy atom. The lowest BCUT2D eigenvalue weighted by Crippen LogP contribution is -2.33. The van der Waals surface area contributed by atoms with E-state index in [2.05, 4.69) is 25.5 Å². The minimum absolute atomic E-state index is 0.797. The molecule has 0 atom stereocenters. The van der Waals surface area contributed by atoms with Gasteiger partial charge in [0, 0.05) is 24.6 Å². The van der Waals surface area contributed by atoms with E-state index < -0.39 is 0 Å². The number of aromatic amines is 1. The number of rotatable bonds is 1. The van der Waals surface area contributed by atoms with Crippen LogP contribution in [0.3, 0.4) is 0 Å². The SMILES string of the molecule is C1CN(c2nnn[nH]2)CCS1. The average molecular weight is 171 g/mol. The Morgan fingerprint density at radius 3 is 2.82 bits per heavy atom. The van der Waals surface area contributed by atoms with Crippen molar-refractivity contribution < 1.29 is 0 Å². The zero-order chi connectivity index (χ0) is 7.52. The van der Waals surface area contributed by atoms with Crippen LogP contribution in [0.15, 0.2) is 0 Å². The molecule has 0 aliphatic carbocycles. The van der Waals surface area contributed by atoms with Gasteiger partial charge in [-0.2, -0.15) is 11.8 Å². The summed E-state index contributed by atoms with van der Waals surface area (Å²) in [6, 6.07) is 0. The summed E-state index contributed by atoms with van der Waals surface area (Å²) < 4.78 is 0. The van der Waals surface area contributed by atoms with E-state index in [0.717, 1.165) is 19.0 Å². The Morgan fingerprint density at radius 2 is 2.18 bits per heavy atom. The fourth-order valence-corrected chi connectivity index (χ4v) is 1.97. The number of H-pyrrole nitrogens is 1. The van der Waals surface area contributed by atoms with Gasteiger partial charge in [-0.25, -0.2) is 5.10 Å². The molecule has 1 aliphatic rings. The average Bonchev–Trinajstić information content (AvgIpc) is 2.58. The first-order valence-electron chi connectivity index (χ1n) is 3.53. The molecule has 1 saturated heterocycles. The van der Waals surface area contributed by atoms with Gasteiger partial charge < -0.3 is 4.90 Å². The molecule has 0 aromatic carbocycles. The molecule has 0 bridgehead atoms. The van der Waals surface area contributed by atoms with E-state index in [-0.39, 0.29) is 0 Å². The molecule has 2 heterocycles. The highest BCUT2D eigenvalue weighted by molar-refractivity contribution is 7.99. The van der Waals surface area contributed by atoms with Crippen LogP contribution in [0.1, 0.15) is 0 Å². The van der Waals surface area contributed by atoms with Crippen molar-refractivity contribution in [3.8, 4) is 0 Å². The molecule has 6 heteroatoms. The molecule has 1 fully saturated rings. The van der Waals surface area contributed by atoms with E-state index in [9.17, 15) is 0 Å². The van der Waals surface area contributed by atoms with E-state index in [0.29, 0.717) is 0 Å². The highest BCUT2D eigenvalue weighted by atomic mass is 32.2. The van der Waals surface area contributed by atoms with Crippen LogP contribution in [0.5, 0.6) is 0 Å². The quantitative estimate of drug-likeness (QED) is 0.631. The van der Waals surface area contributed by atoms with Gasteiger partial charge >= 0.3 is 0 Å². The van der Waals surface area contributed by atoms with E-state index in [1.165, 1.54) is 11.5 Å². The van der Waals surface area contributed by atoms with Crippen molar-refractivity contribution in [3.63, 3.8) is 0 Å². The molecule has 0 saturated carbocycles. The summed E-state index contributed by atoms with van der Waals surface area (Å²) in [5.74, 6) is 3.13. The van der Waals surface area contributed by atoms with Crippen LogP contribution in [-0.2, 0) is 0 Å². The standard InChI is InChI=1S/C5H9N5S/c1-3-11-4-2-10(1)5-6-8-9-7-5/h1-4H2,(H,6,7,8,9). The van der Waals surface area contributed by atoms with E-state index >= 15 is 0 Å². The van der Waals surface area contributed by atoms with Gasteiger partial charge in [0.2, 0.25) is 5.95 Å². The predicted octanol–water partition coefficient (Wildman–Crippen LogP) is -0.247. The molecule has 1 aromatic rings. The zero-order valence-electron chi connectivity index (χ0n) is 6.03. The van der Waals surface area contributed by atoms with Crippen LogP contribution in [0, 0.1) is 0 Å². The summed E-state index contributed by atoms with van der Waals surface area (Å²) >= 11 is 1.97. The number of nitrogens with one attached hydrogen (secondary N) is 1. The van der Waals surface area contributed by atoms with Gasteiger partial charge in [-0.05, 0) is 10.4 Å². The molecule has 0 unspecified atom stereocenters. The first-order chi connectivity index (χ1) is 5.47. The second-order valence-corrected chi connectivity index (χ2v) is 3.55. The molecule has 1 N–H and O–H groups in total. The van der Waals surface area contributed by atoms with Gasteiger partial charge in [-0.3, -0.25) is 0 Å². The number of hydrogen-bond acceptors (Lipinski definition) is 5. The molecule has 1 aliphatic heterocycles. The van der Waals surface area contributed by atoms with E-state index in [1.807, 2.05) is 11.8 Å². The van der Waals surface area contributed by atoms with Gasteiger partial charge in [0.25, 0.3) is 0 Å². The highest BCUT2D eigenvalue weighted by Gasteiger charge is 2.12. The Hall–Kier alpha value is -0.780. The van der Waals surface area contributed by atoms with Crippen molar-refractivity contribution in [3.05, 3.63) is 0 Å². The fourth-order valence-electron chi connectivity index (χ4n) is 1.06. The molecule has 0 amide bonds. The van der Waals surface area contributed by atoms with Crippen molar-refractivity contribution in [2.24, 2.45) is 0 Å². The van der Waals surface area contributed by atoms with Crippen LogP contribution in [0.2, 0.25) is 0 Å². The summed E-state index contributed by atoms with van der Waals surface area (Å²) in [5.41, 5.74) is 0. The lowest BCUT2D eigenvalue weighted by molar-refractivity contribution is 0.818. The number of thioether (sulfide) groups is 1. The molecular weight excluding hydrogens is 162 g/mol. The van der Waals surface area contributed by atoms with Crippen LogP contribution >= 0.6 is 11.8 Å². The van der Waals surface area contributed by atoms with Gasteiger partial charge in [0.1, 0.15) is 0 Å². The van der Waals surface area contributed by atoms with Crippen LogP contribution in [0.25, 0.3) is 0 Å². The van der Waals surface area contributed by atoms with Crippen LogP contribution in [-0.4, -0.2) is 45.2 Å². The topological polar surface area (TPSA) is 57.7 Å². The minimum Gasteiger partial charge on any atom is -0.338 e. The highest BCUT2D eigenvalue weighted by Crippen LogP contribution is 2.12. The first-order valence-corrected chi connectivity index (χ1v) is 4.69. The first kappa shape index (κ1) is 6.90. The summed E-state index contributed by atoms with van der Waals surface area (Å²) in [6.07, 6.45) is 0. The molecule has 60 valence electrons. The Balaban J connectivity index is 2.04. The monoisotopic (exact) mass is 171 g/mol. The lowest BCUT2D eigenvalue weighted by Gasteiger charge is -2.24. The number of aromatic nitrogens is 4. The number of nitrogens with zero attached hydrogens (tertiary/aromatic N) is 4. The van der Waals surface area contributed by atoms with Crippen molar-refractivity contribution >= 4 is 17.7 Å². The summed E-state index contributed by atoms with van der Waals surface area (Å²) in [5, 5.41) is 13.6. The Kier molecular flexibility index (Phi) is 1.93. The maximum Gasteiger partial charge on any atom is 0.242 e. The summed E-state index contributed by atoms with van der Waals surface area (Å²) in [4.78, 5) is 2.16. The number of tetrazole rings is 1. The number of anilines is 1. The molecule has 0 radical (unpaired) electrons. The Labute approximate surface area is 68.5 Å². The van der Waals surface area contributed by atoms with Gasteiger partial charge in [0.05, 0.1) is 0 Å². The molecule has 2 rings (SSSR count). The molecule has 11 heavy (non-hydrogen) atoms. The van der Waals surface area contributed by atoms with Crippen molar-refractivity contribution in [1.82, 2.24) is 20.6 Å². The molecule has 1 aromatic heterocycles. The lowest BCUT2D eigenvalue weighted by atomic mass is 10.5. The second kappa shape index (κ2) is 3.08. The predicted molar refractivity (Wildman–Crippen MR) is 43.7 cm³/mol. The van der Waals surface area contributed by atoms with Gasteiger partial charge in [0.15, 0.2) is 0 Å². The fraction of sp³-hybridized carbons (Fsp3) is 0.800. The van der Waals surface area contributed by atoms with E-state index in [1.54, 1.807) is 0 Å². The van der Waals surface area contributed by atoms with Crippen molar-refractivity contribution in [2.45, 2.75) is 0 Å². The van der Waals surface area contributed by atoms with Gasteiger partial charge in [-0.1, -0.05) is 5.10 Å². The number of hydrogen-bond donors (Lipinski definition) is 1. The maximum absolute atomic E-state index is 3.84. The summed E-state index contributed by atoms with van der Waals surface area (Å²) in [7, 11) is 0. The van der Waals surface area contributed by atoms with Crippen molar-refractivity contribution in [1.29, 1.82) is 0 Å². The molecule has 0 spiro atoms. The molecular formula is C5H9N5S. The maximum atomic E-state index is 3.84. The minimum atomic E-state index is 0.797. The Bertz CT molecular complexity index is 205. The normalized spacial score (nSPS) is 18.7. The van der Waals surface area contributed by atoms with Crippen molar-refractivity contribution in [2.75, 3.05) is 29.5 Å². The third kappa shape index (κ3) is 1.45. The second-order valence-electron chi connectivity index (χ2n) is 2.32. The van der Waals surface area contributed by atoms with Crippen LogP contribution in [0.4, 0.5) is 5.95 Å². The largest absolute Gasteiger partial charge is 0.338 e. The zero-order valence-corrected chi connectivity index (χ0v) is 6.84. The third-order valence-electron chi connectivity index (χ3n) is 1.64. The summed E-state index contributed by atoms with van der Waals surface area (Å²) in [6.45, 7) is 2.09. The smallest absolute Gasteiger partial charge is 0.242 e. The third-order valence-corrected chi connectivity index (χ3v) is 2.59. The molecule has 5 nitrogen and oxygen atoms in total. The van der Waals surface area contributed by atoms with E-state index in [4.69, 9.17) is 0 Å². The van der Waals surface area contributed by atoms with Crippen LogP contribution < -0.4 is 4.90 Å². The van der Waals surface area contributed by atoms with Gasteiger partial charge in [-0.15, -0.1) is 0 Å².